The zero-order valence-electron chi connectivity index (χ0n) is 10.5. The van der Waals surface area contributed by atoms with Crippen LogP contribution in [0.25, 0.3) is 0 Å². The van der Waals surface area contributed by atoms with Gasteiger partial charge in [0.2, 0.25) is 0 Å². The molecule has 1 heterocycles. The molecule has 0 fully saturated rings. The molecule has 0 aromatic carbocycles. The van der Waals surface area contributed by atoms with Crippen molar-refractivity contribution in [2.24, 2.45) is 5.92 Å². The van der Waals surface area contributed by atoms with E-state index in [1.54, 1.807) is 24.9 Å². The summed E-state index contributed by atoms with van der Waals surface area (Å²) in [5.41, 5.74) is 0.360. The maximum atomic E-state index is 11.3. The highest BCUT2D eigenvalue weighted by Gasteiger charge is 2.18. The molecular formula is C12H14ClN3O2. The van der Waals surface area contributed by atoms with Crippen LogP contribution in [0.5, 0.6) is 0 Å². The molecule has 1 atom stereocenters. The summed E-state index contributed by atoms with van der Waals surface area (Å²) < 4.78 is 4.65. The Balaban J connectivity index is 2.89. The Bertz CT molecular complexity index is 485. The molecule has 0 amide bonds. The fraction of sp³-hybridized carbons (Fsp3) is 0.417. The van der Waals surface area contributed by atoms with Gasteiger partial charge in [0.15, 0.2) is 0 Å². The number of hydrogen-bond donors (Lipinski definition) is 0. The SMILES string of the molecule is COC(=O)C(C)CN(C)c1nccc(C#N)c1Cl. The lowest BCUT2D eigenvalue weighted by molar-refractivity contribution is -0.144. The Morgan fingerprint density at radius 3 is 2.94 bits per heavy atom. The standard InChI is InChI=1S/C12H14ClN3O2/c1-8(12(17)18-3)7-16(2)11-10(13)9(6-14)4-5-15-11/h4-5,8H,7H2,1-3H3. The number of nitriles is 1. The van der Waals surface area contributed by atoms with Gasteiger partial charge in [0, 0.05) is 19.8 Å². The number of anilines is 1. The van der Waals surface area contributed by atoms with Crippen molar-refractivity contribution in [1.29, 1.82) is 5.26 Å². The fourth-order valence-corrected chi connectivity index (χ4v) is 1.86. The predicted octanol–water partition coefficient (Wildman–Crippen LogP) is 1.85. The topological polar surface area (TPSA) is 66.2 Å². The zero-order valence-corrected chi connectivity index (χ0v) is 11.2. The van der Waals surface area contributed by atoms with Gasteiger partial charge in [-0.3, -0.25) is 4.79 Å². The van der Waals surface area contributed by atoms with Crippen molar-refractivity contribution in [1.82, 2.24) is 4.98 Å². The number of ether oxygens (including phenoxy) is 1. The van der Waals surface area contributed by atoms with Crippen molar-refractivity contribution in [3.63, 3.8) is 0 Å². The first-order valence-electron chi connectivity index (χ1n) is 5.34. The van der Waals surface area contributed by atoms with E-state index in [9.17, 15) is 4.79 Å². The smallest absolute Gasteiger partial charge is 0.310 e. The van der Waals surface area contributed by atoms with Crippen molar-refractivity contribution < 1.29 is 9.53 Å². The number of rotatable bonds is 4. The number of hydrogen-bond acceptors (Lipinski definition) is 5. The number of pyridine rings is 1. The van der Waals surface area contributed by atoms with Crippen LogP contribution < -0.4 is 4.90 Å². The Labute approximate surface area is 111 Å². The van der Waals surface area contributed by atoms with E-state index in [0.717, 1.165) is 0 Å². The molecule has 0 saturated heterocycles. The van der Waals surface area contributed by atoms with Crippen LogP contribution in [0.4, 0.5) is 5.82 Å². The number of carbonyl (C=O) groups is 1. The van der Waals surface area contributed by atoms with Gasteiger partial charge in [-0.05, 0) is 6.07 Å². The number of carbonyl (C=O) groups excluding carboxylic acids is 1. The molecule has 0 spiro atoms. The molecule has 1 unspecified atom stereocenters. The van der Waals surface area contributed by atoms with Crippen LogP contribution in [0.15, 0.2) is 12.3 Å². The highest BCUT2D eigenvalue weighted by molar-refractivity contribution is 6.34. The Morgan fingerprint density at radius 2 is 2.39 bits per heavy atom. The summed E-state index contributed by atoms with van der Waals surface area (Å²) in [6.45, 7) is 2.17. The molecule has 18 heavy (non-hydrogen) atoms. The number of esters is 1. The minimum absolute atomic E-state index is 0.291. The van der Waals surface area contributed by atoms with Gasteiger partial charge in [-0.2, -0.15) is 5.26 Å². The lowest BCUT2D eigenvalue weighted by atomic mass is 10.1. The average molecular weight is 268 g/mol. The van der Waals surface area contributed by atoms with Gasteiger partial charge < -0.3 is 9.64 Å². The molecule has 0 N–H and O–H groups in total. The molecule has 0 aliphatic carbocycles. The van der Waals surface area contributed by atoms with Gasteiger partial charge in [-0.1, -0.05) is 18.5 Å². The summed E-state index contributed by atoms with van der Waals surface area (Å²) in [6.07, 6.45) is 1.51. The van der Waals surface area contributed by atoms with Gasteiger partial charge in [0.05, 0.1) is 18.6 Å². The first-order valence-corrected chi connectivity index (χ1v) is 5.72. The minimum Gasteiger partial charge on any atom is -0.469 e. The molecule has 1 aromatic rings. The van der Waals surface area contributed by atoms with E-state index < -0.39 is 0 Å². The van der Waals surface area contributed by atoms with Gasteiger partial charge in [-0.25, -0.2) is 4.98 Å². The Hall–Kier alpha value is -1.80. The molecule has 1 rings (SSSR count). The molecule has 1 aromatic heterocycles. The van der Waals surface area contributed by atoms with Gasteiger partial charge >= 0.3 is 5.97 Å². The molecule has 0 saturated carbocycles. The first-order chi connectivity index (χ1) is 8.51. The van der Waals surface area contributed by atoms with Gasteiger partial charge in [-0.15, -0.1) is 0 Å². The molecular weight excluding hydrogens is 254 g/mol. The van der Waals surface area contributed by atoms with E-state index in [2.05, 4.69) is 9.72 Å². The second-order valence-electron chi connectivity index (χ2n) is 3.91. The van der Waals surface area contributed by atoms with Crippen LogP contribution in [0.3, 0.4) is 0 Å². The predicted molar refractivity (Wildman–Crippen MR) is 68.4 cm³/mol. The average Bonchev–Trinajstić information content (AvgIpc) is 2.37. The van der Waals surface area contributed by atoms with Crippen LogP contribution >= 0.6 is 11.6 Å². The van der Waals surface area contributed by atoms with E-state index in [-0.39, 0.29) is 11.9 Å². The quantitative estimate of drug-likeness (QED) is 0.779. The Kier molecular flexibility index (Phi) is 4.93. The first kappa shape index (κ1) is 14.3. The summed E-state index contributed by atoms with van der Waals surface area (Å²) in [5, 5.41) is 9.17. The van der Waals surface area contributed by atoms with E-state index in [0.29, 0.717) is 22.9 Å². The largest absolute Gasteiger partial charge is 0.469 e. The van der Waals surface area contributed by atoms with Crippen LogP contribution in [-0.4, -0.2) is 31.7 Å². The normalized spacial score (nSPS) is 11.5. The maximum absolute atomic E-state index is 11.3. The summed E-state index contributed by atoms with van der Waals surface area (Å²) in [6, 6.07) is 3.53. The Morgan fingerprint density at radius 1 is 1.72 bits per heavy atom. The second-order valence-corrected chi connectivity index (χ2v) is 4.29. The highest BCUT2D eigenvalue weighted by Crippen LogP contribution is 2.26. The second kappa shape index (κ2) is 6.22. The third kappa shape index (κ3) is 3.11. The van der Waals surface area contributed by atoms with Crippen molar-refractivity contribution in [2.75, 3.05) is 25.6 Å². The minimum atomic E-state index is -0.302. The summed E-state index contributed by atoms with van der Waals surface area (Å²) in [7, 11) is 3.11. The van der Waals surface area contributed by atoms with Crippen LogP contribution in [0.2, 0.25) is 5.02 Å². The number of nitrogens with zero attached hydrogens (tertiary/aromatic N) is 3. The lowest BCUT2D eigenvalue weighted by Crippen LogP contribution is -2.30. The maximum Gasteiger partial charge on any atom is 0.310 e. The van der Waals surface area contributed by atoms with Crippen LogP contribution in [-0.2, 0) is 9.53 Å². The van der Waals surface area contributed by atoms with E-state index in [4.69, 9.17) is 16.9 Å². The molecule has 0 bridgehead atoms. The van der Waals surface area contributed by atoms with E-state index in [1.165, 1.54) is 13.3 Å². The number of aromatic nitrogens is 1. The molecule has 0 radical (unpaired) electrons. The van der Waals surface area contributed by atoms with Crippen molar-refractivity contribution in [3.8, 4) is 6.07 Å². The number of methoxy groups -OCH3 is 1. The molecule has 0 aliphatic heterocycles. The van der Waals surface area contributed by atoms with E-state index in [1.807, 2.05) is 6.07 Å². The highest BCUT2D eigenvalue weighted by atomic mass is 35.5. The van der Waals surface area contributed by atoms with Crippen LogP contribution in [0, 0.1) is 17.2 Å². The van der Waals surface area contributed by atoms with Crippen LogP contribution in [0.1, 0.15) is 12.5 Å². The third-order valence-corrected chi connectivity index (χ3v) is 2.88. The molecule has 96 valence electrons. The molecule has 5 nitrogen and oxygen atoms in total. The molecule has 6 heteroatoms. The monoisotopic (exact) mass is 267 g/mol. The van der Waals surface area contributed by atoms with E-state index >= 15 is 0 Å². The molecule has 0 aliphatic rings. The van der Waals surface area contributed by atoms with Gasteiger partial charge in [0.25, 0.3) is 0 Å². The van der Waals surface area contributed by atoms with Gasteiger partial charge in [0.1, 0.15) is 16.9 Å². The summed E-state index contributed by atoms with van der Waals surface area (Å²) in [5.74, 6) is -0.121. The number of halogens is 1. The van der Waals surface area contributed by atoms with Crippen molar-refractivity contribution in [2.45, 2.75) is 6.92 Å². The summed E-state index contributed by atoms with van der Waals surface area (Å²) >= 11 is 6.06. The fourth-order valence-electron chi connectivity index (χ4n) is 1.56. The summed E-state index contributed by atoms with van der Waals surface area (Å²) in [4.78, 5) is 17.2. The zero-order chi connectivity index (χ0) is 13.7. The van der Waals surface area contributed by atoms with Crippen molar-refractivity contribution in [3.05, 3.63) is 22.8 Å². The lowest BCUT2D eigenvalue weighted by Gasteiger charge is -2.22. The van der Waals surface area contributed by atoms with Crippen molar-refractivity contribution >= 4 is 23.4 Å². The third-order valence-electron chi connectivity index (χ3n) is 2.50.